The van der Waals surface area contributed by atoms with Gasteiger partial charge in [-0.3, -0.25) is 4.79 Å². The predicted molar refractivity (Wildman–Crippen MR) is 74.5 cm³/mol. The lowest BCUT2D eigenvalue weighted by Crippen LogP contribution is -2.05. The minimum Gasteiger partial charge on any atom is -0.460 e. The van der Waals surface area contributed by atoms with Crippen LogP contribution in [0.25, 0.3) is 0 Å². The maximum absolute atomic E-state index is 12.5. The second-order valence-electron chi connectivity index (χ2n) is 5.18. The lowest BCUT2D eigenvalue weighted by Gasteiger charge is -2.09. The summed E-state index contributed by atoms with van der Waals surface area (Å²) in [5, 5.41) is 0. The molecule has 0 radical (unpaired) electrons. The lowest BCUT2D eigenvalue weighted by molar-refractivity contribution is 0.101. The molecular formula is C17H18O2. The molecule has 0 saturated carbocycles. The van der Waals surface area contributed by atoms with E-state index in [4.69, 9.17) is 4.42 Å². The van der Waals surface area contributed by atoms with Crippen molar-refractivity contribution in [3.05, 3.63) is 59.0 Å². The van der Waals surface area contributed by atoms with Crippen LogP contribution < -0.4 is 0 Å². The standard InChI is InChI=1S/C17H18O2/c18-16(13-8-5-3-6-9-13)17-15-11-7-2-1-4-10-14(15)12-19-17/h3,5-6,8-9,12H,1-2,4,7,10-11H2. The van der Waals surface area contributed by atoms with Crippen LogP contribution in [0.2, 0.25) is 0 Å². The molecule has 2 heteroatoms. The van der Waals surface area contributed by atoms with Gasteiger partial charge in [0.05, 0.1) is 6.26 Å². The molecule has 0 amide bonds. The van der Waals surface area contributed by atoms with E-state index in [9.17, 15) is 4.79 Å². The van der Waals surface area contributed by atoms with Crippen molar-refractivity contribution in [3.8, 4) is 0 Å². The summed E-state index contributed by atoms with van der Waals surface area (Å²) in [6.07, 6.45) is 8.70. The molecule has 0 fully saturated rings. The molecular weight excluding hydrogens is 236 g/mol. The van der Waals surface area contributed by atoms with Gasteiger partial charge in [-0.1, -0.05) is 43.2 Å². The number of benzene rings is 1. The van der Waals surface area contributed by atoms with Gasteiger partial charge < -0.3 is 4.42 Å². The van der Waals surface area contributed by atoms with Crippen LogP contribution in [0.4, 0.5) is 0 Å². The van der Waals surface area contributed by atoms with Crippen LogP contribution in [-0.2, 0) is 12.8 Å². The Labute approximate surface area is 113 Å². The van der Waals surface area contributed by atoms with Crippen LogP contribution >= 0.6 is 0 Å². The van der Waals surface area contributed by atoms with Gasteiger partial charge in [-0.05, 0) is 31.2 Å². The molecule has 0 saturated heterocycles. The molecule has 1 aliphatic rings. The molecule has 1 aromatic carbocycles. The molecule has 1 aromatic heterocycles. The summed E-state index contributed by atoms with van der Waals surface area (Å²) in [6.45, 7) is 0. The smallest absolute Gasteiger partial charge is 0.228 e. The molecule has 1 heterocycles. The zero-order valence-corrected chi connectivity index (χ0v) is 11.0. The van der Waals surface area contributed by atoms with E-state index < -0.39 is 0 Å². The Kier molecular flexibility index (Phi) is 3.49. The molecule has 98 valence electrons. The first-order valence-electron chi connectivity index (χ1n) is 7.05. The van der Waals surface area contributed by atoms with E-state index in [1.54, 1.807) is 6.26 Å². The molecule has 2 aromatic rings. The number of ketones is 1. The molecule has 0 bridgehead atoms. The van der Waals surface area contributed by atoms with Crippen molar-refractivity contribution < 1.29 is 9.21 Å². The van der Waals surface area contributed by atoms with Gasteiger partial charge in [0.1, 0.15) is 0 Å². The summed E-state index contributed by atoms with van der Waals surface area (Å²) in [5.74, 6) is 0.575. The predicted octanol–water partition coefficient (Wildman–Crippen LogP) is 4.17. The molecule has 1 aliphatic carbocycles. The highest BCUT2D eigenvalue weighted by molar-refractivity contribution is 6.08. The van der Waals surface area contributed by atoms with Gasteiger partial charge in [-0.2, -0.15) is 0 Å². The Morgan fingerprint density at radius 1 is 0.947 bits per heavy atom. The summed E-state index contributed by atoms with van der Waals surface area (Å²) in [5.41, 5.74) is 3.09. The monoisotopic (exact) mass is 254 g/mol. The highest BCUT2D eigenvalue weighted by atomic mass is 16.3. The quantitative estimate of drug-likeness (QED) is 0.753. The molecule has 0 aliphatic heterocycles. The summed E-state index contributed by atoms with van der Waals surface area (Å²) in [7, 11) is 0. The van der Waals surface area contributed by atoms with Gasteiger partial charge in [0.15, 0.2) is 5.76 Å². The number of aryl methyl sites for hydroxylation is 1. The number of carbonyl (C=O) groups is 1. The zero-order valence-electron chi connectivity index (χ0n) is 11.0. The maximum atomic E-state index is 12.5. The highest BCUT2D eigenvalue weighted by Gasteiger charge is 2.21. The fourth-order valence-electron chi connectivity index (χ4n) is 2.78. The average molecular weight is 254 g/mol. The van der Waals surface area contributed by atoms with E-state index >= 15 is 0 Å². The SMILES string of the molecule is O=C(c1ccccc1)c1occ2c1CCCCCC2. The second kappa shape index (κ2) is 5.43. The number of furan rings is 1. The van der Waals surface area contributed by atoms with Crippen molar-refractivity contribution in [2.24, 2.45) is 0 Å². The third kappa shape index (κ3) is 2.48. The zero-order chi connectivity index (χ0) is 13.1. The number of carbonyl (C=O) groups excluding carboxylic acids is 1. The van der Waals surface area contributed by atoms with E-state index in [2.05, 4.69) is 0 Å². The van der Waals surface area contributed by atoms with E-state index in [1.807, 2.05) is 30.3 Å². The van der Waals surface area contributed by atoms with Gasteiger partial charge in [-0.25, -0.2) is 0 Å². The molecule has 19 heavy (non-hydrogen) atoms. The number of hydrogen-bond acceptors (Lipinski definition) is 2. The van der Waals surface area contributed by atoms with Crippen molar-refractivity contribution in [2.75, 3.05) is 0 Å². The van der Waals surface area contributed by atoms with Crippen LogP contribution in [0.1, 0.15) is 52.9 Å². The lowest BCUT2D eigenvalue weighted by atomic mass is 9.93. The van der Waals surface area contributed by atoms with Crippen LogP contribution in [0, 0.1) is 0 Å². The van der Waals surface area contributed by atoms with Gasteiger partial charge >= 0.3 is 0 Å². The molecule has 0 atom stereocenters. The third-order valence-corrected chi connectivity index (χ3v) is 3.85. The Balaban J connectivity index is 1.95. The van der Waals surface area contributed by atoms with Crippen LogP contribution in [0.5, 0.6) is 0 Å². The average Bonchev–Trinajstić information content (AvgIpc) is 2.81. The molecule has 2 nitrogen and oxygen atoms in total. The molecule has 3 rings (SSSR count). The fourth-order valence-corrected chi connectivity index (χ4v) is 2.78. The Hall–Kier alpha value is -1.83. The number of rotatable bonds is 2. The van der Waals surface area contributed by atoms with Crippen molar-refractivity contribution in [3.63, 3.8) is 0 Å². The fraction of sp³-hybridized carbons (Fsp3) is 0.353. The normalized spacial score (nSPS) is 15.4. The highest BCUT2D eigenvalue weighted by Crippen LogP contribution is 2.26. The van der Waals surface area contributed by atoms with Crippen molar-refractivity contribution in [2.45, 2.75) is 38.5 Å². The van der Waals surface area contributed by atoms with E-state index in [0.717, 1.165) is 24.8 Å². The van der Waals surface area contributed by atoms with Crippen LogP contribution in [0.15, 0.2) is 41.0 Å². The summed E-state index contributed by atoms with van der Waals surface area (Å²) in [4.78, 5) is 12.5. The summed E-state index contributed by atoms with van der Waals surface area (Å²) < 4.78 is 5.60. The van der Waals surface area contributed by atoms with Crippen molar-refractivity contribution >= 4 is 5.78 Å². The molecule has 0 unspecified atom stereocenters. The summed E-state index contributed by atoms with van der Waals surface area (Å²) in [6, 6.07) is 9.39. The van der Waals surface area contributed by atoms with Crippen LogP contribution in [-0.4, -0.2) is 5.78 Å². The minimum atomic E-state index is 0.0161. The van der Waals surface area contributed by atoms with Gasteiger partial charge in [0.2, 0.25) is 5.78 Å². The Morgan fingerprint density at radius 3 is 2.47 bits per heavy atom. The van der Waals surface area contributed by atoms with Gasteiger partial charge in [0, 0.05) is 11.1 Å². The molecule has 0 N–H and O–H groups in total. The van der Waals surface area contributed by atoms with Gasteiger partial charge in [-0.15, -0.1) is 0 Å². The first kappa shape index (κ1) is 12.2. The first-order valence-corrected chi connectivity index (χ1v) is 7.05. The topological polar surface area (TPSA) is 30.2 Å². The second-order valence-corrected chi connectivity index (χ2v) is 5.18. The van der Waals surface area contributed by atoms with Crippen LogP contribution in [0.3, 0.4) is 0 Å². The van der Waals surface area contributed by atoms with Crippen molar-refractivity contribution in [1.29, 1.82) is 0 Å². The third-order valence-electron chi connectivity index (χ3n) is 3.85. The van der Waals surface area contributed by atoms with E-state index in [-0.39, 0.29) is 5.78 Å². The minimum absolute atomic E-state index is 0.0161. The van der Waals surface area contributed by atoms with E-state index in [0.29, 0.717) is 11.3 Å². The van der Waals surface area contributed by atoms with E-state index in [1.165, 1.54) is 24.8 Å². The molecule has 0 spiro atoms. The first-order chi connectivity index (χ1) is 9.36. The van der Waals surface area contributed by atoms with Crippen molar-refractivity contribution in [1.82, 2.24) is 0 Å². The Bertz CT molecular complexity index is 566. The summed E-state index contributed by atoms with van der Waals surface area (Å²) >= 11 is 0. The largest absolute Gasteiger partial charge is 0.460 e. The maximum Gasteiger partial charge on any atom is 0.228 e. The number of hydrogen-bond donors (Lipinski definition) is 0. The number of fused-ring (bicyclic) bond motifs is 1. The van der Waals surface area contributed by atoms with Gasteiger partial charge in [0.25, 0.3) is 0 Å². The Morgan fingerprint density at radius 2 is 1.68 bits per heavy atom.